The van der Waals surface area contributed by atoms with E-state index >= 15 is 0 Å². The number of hydrogen-bond acceptors (Lipinski definition) is 5. The van der Waals surface area contributed by atoms with Gasteiger partial charge in [-0.05, 0) is 31.4 Å². The molecule has 1 heterocycles. The molecule has 0 aromatic heterocycles. The van der Waals surface area contributed by atoms with Gasteiger partial charge in [0.15, 0.2) is 0 Å². The van der Waals surface area contributed by atoms with E-state index in [1.807, 2.05) is 0 Å². The summed E-state index contributed by atoms with van der Waals surface area (Å²) in [5.74, 6) is 0.731. The molecule has 1 N–H and O–H groups in total. The molecule has 19 heavy (non-hydrogen) atoms. The number of ether oxygens (including phenoxy) is 1. The standard InChI is InChI=1S/C13H17NO4S/c1-9(15)10-4-5-13(12(7-10)14(16)17)19-8-11-3-2-6-18-11/h4-5,7,9,11,15H,2-3,6,8H2,1H3/t9-,11?/m1/s1. The van der Waals surface area contributed by atoms with Crippen molar-refractivity contribution in [2.45, 2.75) is 36.9 Å². The highest BCUT2D eigenvalue weighted by Crippen LogP contribution is 2.33. The van der Waals surface area contributed by atoms with Crippen molar-refractivity contribution in [2.24, 2.45) is 0 Å². The van der Waals surface area contributed by atoms with Crippen LogP contribution < -0.4 is 0 Å². The van der Waals surface area contributed by atoms with Gasteiger partial charge in [0.05, 0.1) is 22.0 Å². The normalized spacial score (nSPS) is 20.4. The first-order valence-corrected chi connectivity index (χ1v) is 7.27. The maximum Gasteiger partial charge on any atom is 0.283 e. The minimum absolute atomic E-state index is 0.0568. The highest BCUT2D eigenvalue weighted by molar-refractivity contribution is 7.99. The van der Waals surface area contributed by atoms with Crippen LogP contribution >= 0.6 is 11.8 Å². The van der Waals surface area contributed by atoms with Crippen LogP contribution in [0.1, 0.15) is 31.4 Å². The van der Waals surface area contributed by atoms with Crippen LogP contribution in [0.3, 0.4) is 0 Å². The van der Waals surface area contributed by atoms with Gasteiger partial charge in [-0.2, -0.15) is 0 Å². The highest BCUT2D eigenvalue weighted by atomic mass is 32.2. The largest absolute Gasteiger partial charge is 0.389 e. The van der Waals surface area contributed by atoms with Crippen LogP contribution in [0.25, 0.3) is 0 Å². The highest BCUT2D eigenvalue weighted by Gasteiger charge is 2.20. The lowest BCUT2D eigenvalue weighted by Crippen LogP contribution is -2.08. The summed E-state index contributed by atoms with van der Waals surface area (Å²) in [6.07, 6.45) is 1.58. The molecule has 2 atom stereocenters. The Kier molecular flexibility index (Phi) is 4.79. The average Bonchev–Trinajstić information content (AvgIpc) is 2.89. The Bertz CT molecular complexity index is 458. The predicted octanol–water partition coefficient (Wildman–Crippen LogP) is 2.92. The zero-order valence-electron chi connectivity index (χ0n) is 10.7. The zero-order chi connectivity index (χ0) is 13.8. The second kappa shape index (κ2) is 6.36. The predicted molar refractivity (Wildman–Crippen MR) is 73.4 cm³/mol. The van der Waals surface area contributed by atoms with Gasteiger partial charge in [-0.25, -0.2) is 0 Å². The summed E-state index contributed by atoms with van der Waals surface area (Å²) in [5, 5.41) is 20.5. The van der Waals surface area contributed by atoms with Crippen molar-refractivity contribution >= 4 is 17.4 Å². The first-order chi connectivity index (χ1) is 9.08. The van der Waals surface area contributed by atoms with Gasteiger partial charge in [0.1, 0.15) is 0 Å². The Morgan fingerprint density at radius 1 is 1.63 bits per heavy atom. The molecule has 1 aromatic rings. The second-order valence-corrected chi connectivity index (χ2v) is 5.67. The average molecular weight is 283 g/mol. The molecule has 1 saturated heterocycles. The number of aliphatic hydroxyl groups is 1. The molecule has 0 amide bonds. The van der Waals surface area contributed by atoms with Crippen LogP contribution in [0.4, 0.5) is 5.69 Å². The first-order valence-electron chi connectivity index (χ1n) is 6.28. The van der Waals surface area contributed by atoms with Crippen molar-refractivity contribution in [3.8, 4) is 0 Å². The van der Waals surface area contributed by atoms with Crippen LogP contribution in [-0.2, 0) is 4.74 Å². The third kappa shape index (κ3) is 3.68. The molecule has 1 aromatic carbocycles. The van der Waals surface area contributed by atoms with Gasteiger partial charge in [-0.1, -0.05) is 6.07 Å². The van der Waals surface area contributed by atoms with E-state index < -0.39 is 11.0 Å². The molecular weight excluding hydrogens is 266 g/mol. The monoisotopic (exact) mass is 283 g/mol. The smallest absolute Gasteiger partial charge is 0.283 e. The maximum absolute atomic E-state index is 11.1. The minimum atomic E-state index is -0.698. The van der Waals surface area contributed by atoms with Crippen molar-refractivity contribution in [3.05, 3.63) is 33.9 Å². The number of rotatable bonds is 5. The molecule has 0 saturated carbocycles. The van der Waals surface area contributed by atoms with Crippen LogP contribution in [0.2, 0.25) is 0 Å². The maximum atomic E-state index is 11.1. The summed E-state index contributed by atoms with van der Waals surface area (Å²) in [6, 6.07) is 4.89. The quantitative estimate of drug-likeness (QED) is 0.511. The number of nitro benzene ring substituents is 1. The number of nitrogens with zero attached hydrogens (tertiary/aromatic N) is 1. The molecule has 1 aliphatic heterocycles. The Labute approximate surface area is 116 Å². The third-order valence-corrected chi connectivity index (χ3v) is 4.31. The third-order valence-electron chi connectivity index (χ3n) is 3.11. The molecule has 0 aliphatic carbocycles. The van der Waals surface area contributed by atoms with Crippen molar-refractivity contribution in [1.29, 1.82) is 0 Å². The number of thioether (sulfide) groups is 1. The van der Waals surface area contributed by atoms with Crippen molar-refractivity contribution in [1.82, 2.24) is 0 Å². The summed E-state index contributed by atoms with van der Waals surface area (Å²) in [7, 11) is 0. The lowest BCUT2D eigenvalue weighted by Gasteiger charge is -2.10. The summed E-state index contributed by atoms with van der Waals surface area (Å²) < 4.78 is 5.51. The molecule has 104 valence electrons. The van der Waals surface area contributed by atoms with E-state index in [0.29, 0.717) is 10.5 Å². The van der Waals surface area contributed by atoms with Crippen molar-refractivity contribution in [2.75, 3.05) is 12.4 Å². The van der Waals surface area contributed by atoms with E-state index in [-0.39, 0.29) is 11.8 Å². The Hall–Kier alpha value is -1.11. The van der Waals surface area contributed by atoms with Gasteiger partial charge >= 0.3 is 0 Å². The lowest BCUT2D eigenvalue weighted by molar-refractivity contribution is -0.387. The van der Waals surface area contributed by atoms with E-state index in [1.54, 1.807) is 19.1 Å². The van der Waals surface area contributed by atoms with Crippen molar-refractivity contribution in [3.63, 3.8) is 0 Å². The molecule has 0 spiro atoms. The second-order valence-electron chi connectivity index (χ2n) is 4.61. The number of benzene rings is 1. The first kappa shape index (κ1) is 14.3. The fourth-order valence-corrected chi connectivity index (χ4v) is 3.09. The number of aliphatic hydroxyl groups excluding tert-OH is 1. The number of hydrogen-bond donors (Lipinski definition) is 1. The Balaban J connectivity index is 2.11. The van der Waals surface area contributed by atoms with Gasteiger partial charge in [-0.3, -0.25) is 10.1 Å². The molecule has 0 radical (unpaired) electrons. The molecule has 5 nitrogen and oxygen atoms in total. The van der Waals surface area contributed by atoms with Gasteiger partial charge < -0.3 is 9.84 Å². The van der Waals surface area contributed by atoms with E-state index in [0.717, 1.165) is 25.2 Å². The Morgan fingerprint density at radius 2 is 2.42 bits per heavy atom. The van der Waals surface area contributed by atoms with Gasteiger partial charge in [0.2, 0.25) is 0 Å². The SMILES string of the molecule is C[C@@H](O)c1ccc(SCC2CCCO2)c([N+](=O)[O-])c1. The number of nitro groups is 1. The summed E-state index contributed by atoms with van der Waals surface area (Å²) in [5.41, 5.74) is 0.620. The molecule has 2 rings (SSSR count). The van der Waals surface area contributed by atoms with Gasteiger partial charge in [-0.15, -0.1) is 11.8 Å². The van der Waals surface area contributed by atoms with E-state index in [1.165, 1.54) is 17.8 Å². The van der Waals surface area contributed by atoms with Crippen LogP contribution in [-0.4, -0.2) is 28.5 Å². The van der Waals surface area contributed by atoms with E-state index in [9.17, 15) is 15.2 Å². The van der Waals surface area contributed by atoms with E-state index in [4.69, 9.17) is 4.74 Å². The molecule has 1 fully saturated rings. The summed E-state index contributed by atoms with van der Waals surface area (Å²) >= 11 is 1.44. The van der Waals surface area contributed by atoms with E-state index in [2.05, 4.69) is 0 Å². The fourth-order valence-electron chi connectivity index (χ4n) is 2.02. The van der Waals surface area contributed by atoms with Gasteiger partial charge in [0.25, 0.3) is 5.69 Å². The molecular formula is C13H17NO4S. The van der Waals surface area contributed by atoms with Crippen LogP contribution in [0.5, 0.6) is 0 Å². The Morgan fingerprint density at radius 3 is 3.00 bits per heavy atom. The fraction of sp³-hybridized carbons (Fsp3) is 0.538. The minimum Gasteiger partial charge on any atom is -0.389 e. The van der Waals surface area contributed by atoms with Crippen LogP contribution in [0, 0.1) is 10.1 Å². The zero-order valence-corrected chi connectivity index (χ0v) is 11.6. The molecule has 1 aliphatic rings. The summed E-state index contributed by atoms with van der Waals surface area (Å²) in [6.45, 7) is 2.38. The summed E-state index contributed by atoms with van der Waals surface area (Å²) in [4.78, 5) is 11.3. The topological polar surface area (TPSA) is 72.6 Å². The lowest BCUT2D eigenvalue weighted by atomic mass is 10.1. The van der Waals surface area contributed by atoms with Gasteiger partial charge in [0, 0.05) is 18.4 Å². The molecule has 1 unspecified atom stereocenters. The molecule has 6 heteroatoms. The van der Waals surface area contributed by atoms with Crippen LogP contribution in [0.15, 0.2) is 23.1 Å². The molecule has 0 bridgehead atoms. The van der Waals surface area contributed by atoms with Crippen molar-refractivity contribution < 1.29 is 14.8 Å².